The van der Waals surface area contributed by atoms with Gasteiger partial charge in [0.25, 0.3) is 0 Å². The number of anilines is 1. The number of rotatable bonds is 7. The molecule has 0 aliphatic carbocycles. The molecule has 0 saturated carbocycles. The van der Waals surface area contributed by atoms with E-state index in [0.29, 0.717) is 6.42 Å². The van der Waals surface area contributed by atoms with E-state index in [4.69, 9.17) is 0 Å². The number of nitrogens with zero attached hydrogens (tertiary/aromatic N) is 1. The van der Waals surface area contributed by atoms with Gasteiger partial charge in [0, 0.05) is 18.8 Å². The van der Waals surface area contributed by atoms with Crippen molar-refractivity contribution in [1.82, 2.24) is 0 Å². The van der Waals surface area contributed by atoms with Crippen molar-refractivity contribution in [2.24, 2.45) is 0 Å². The first-order valence-electron chi connectivity index (χ1n) is 8.60. The second-order valence-corrected chi connectivity index (χ2v) is 6.29. The number of carboxylic acid groups (broad SMARTS) is 1. The molecule has 0 bridgehead atoms. The van der Waals surface area contributed by atoms with E-state index < -0.39 is 11.9 Å². The fraction of sp³-hybridized carbons (Fsp3) is 0.381. The van der Waals surface area contributed by atoms with E-state index in [0.717, 1.165) is 35.3 Å². The van der Waals surface area contributed by atoms with Crippen molar-refractivity contribution in [1.29, 1.82) is 0 Å². The Balaban J connectivity index is 2.25. The minimum absolute atomic E-state index is 0.510. The van der Waals surface area contributed by atoms with Gasteiger partial charge in [-0.25, -0.2) is 0 Å². The molecule has 0 amide bonds. The Bertz CT molecular complexity index is 687. The molecule has 1 unspecified atom stereocenters. The monoisotopic (exact) mass is 325 g/mol. The highest BCUT2D eigenvalue weighted by Crippen LogP contribution is 2.26. The van der Waals surface area contributed by atoms with Crippen LogP contribution in [0.25, 0.3) is 0 Å². The smallest absolute Gasteiger partial charge is 0.311 e. The lowest BCUT2D eigenvalue weighted by Gasteiger charge is -2.21. The van der Waals surface area contributed by atoms with Crippen molar-refractivity contribution in [3.8, 4) is 0 Å². The number of benzene rings is 2. The SMILES string of the molecule is CCN(CC)c1ccc(CC(C(=O)O)c2cc(C)ccc2C)cc1. The van der Waals surface area contributed by atoms with E-state index in [1.165, 1.54) is 5.69 Å². The summed E-state index contributed by atoms with van der Waals surface area (Å²) in [4.78, 5) is 14.1. The van der Waals surface area contributed by atoms with Gasteiger partial charge in [0.1, 0.15) is 0 Å². The summed E-state index contributed by atoms with van der Waals surface area (Å²) in [7, 11) is 0. The van der Waals surface area contributed by atoms with Gasteiger partial charge in [-0.15, -0.1) is 0 Å². The number of hydrogen-bond acceptors (Lipinski definition) is 2. The van der Waals surface area contributed by atoms with Crippen molar-refractivity contribution in [2.45, 2.75) is 40.0 Å². The summed E-state index contributed by atoms with van der Waals surface area (Å²) in [6, 6.07) is 14.3. The summed E-state index contributed by atoms with van der Waals surface area (Å²) >= 11 is 0. The van der Waals surface area contributed by atoms with Crippen LogP contribution in [0.3, 0.4) is 0 Å². The van der Waals surface area contributed by atoms with Crippen LogP contribution in [0.4, 0.5) is 5.69 Å². The maximum absolute atomic E-state index is 11.8. The Labute approximate surface area is 144 Å². The number of carboxylic acids is 1. The summed E-state index contributed by atoms with van der Waals surface area (Å²) in [5.41, 5.74) is 5.28. The molecule has 0 aliphatic rings. The predicted octanol–water partition coefficient (Wildman–Crippen LogP) is 4.56. The number of hydrogen-bond donors (Lipinski definition) is 1. The molecule has 0 aliphatic heterocycles. The van der Waals surface area contributed by atoms with Crippen molar-refractivity contribution >= 4 is 11.7 Å². The average Bonchev–Trinajstić information content (AvgIpc) is 2.57. The van der Waals surface area contributed by atoms with Crippen LogP contribution in [-0.2, 0) is 11.2 Å². The molecular formula is C21H27NO2. The molecule has 0 spiro atoms. The topological polar surface area (TPSA) is 40.5 Å². The lowest BCUT2D eigenvalue weighted by Crippen LogP contribution is -2.21. The molecule has 2 rings (SSSR count). The van der Waals surface area contributed by atoms with Gasteiger partial charge in [0.15, 0.2) is 0 Å². The average molecular weight is 325 g/mol. The highest BCUT2D eigenvalue weighted by atomic mass is 16.4. The Kier molecular flexibility index (Phi) is 6.02. The molecule has 0 aromatic heterocycles. The van der Waals surface area contributed by atoms with Gasteiger partial charge in [-0.2, -0.15) is 0 Å². The fourth-order valence-corrected chi connectivity index (χ4v) is 3.13. The molecule has 2 aromatic carbocycles. The van der Waals surface area contributed by atoms with Crippen LogP contribution in [0.5, 0.6) is 0 Å². The Morgan fingerprint density at radius 2 is 1.67 bits per heavy atom. The standard InChI is InChI=1S/C21H27NO2/c1-5-22(6-2)18-11-9-17(10-12-18)14-20(21(23)24)19-13-15(3)7-8-16(19)4/h7-13,20H,5-6,14H2,1-4H3,(H,23,24). The Morgan fingerprint density at radius 3 is 2.21 bits per heavy atom. The molecule has 1 atom stereocenters. The number of aliphatic carboxylic acids is 1. The molecule has 3 heteroatoms. The zero-order chi connectivity index (χ0) is 17.7. The van der Waals surface area contributed by atoms with Crippen LogP contribution in [-0.4, -0.2) is 24.2 Å². The van der Waals surface area contributed by atoms with E-state index in [9.17, 15) is 9.90 Å². The van der Waals surface area contributed by atoms with Crippen molar-refractivity contribution in [3.63, 3.8) is 0 Å². The summed E-state index contributed by atoms with van der Waals surface area (Å²) in [6.45, 7) is 10.2. The Hall–Kier alpha value is -2.29. The van der Waals surface area contributed by atoms with E-state index in [1.807, 2.05) is 32.0 Å². The third kappa shape index (κ3) is 4.16. The molecule has 0 radical (unpaired) electrons. The summed E-state index contributed by atoms with van der Waals surface area (Å²) < 4.78 is 0. The van der Waals surface area contributed by atoms with Gasteiger partial charge in [-0.05, 0) is 62.9 Å². The third-order valence-corrected chi connectivity index (χ3v) is 4.61. The molecule has 24 heavy (non-hydrogen) atoms. The van der Waals surface area contributed by atoms with Crippen molar-refractivity contribution in [2.75, 3.05) is 18.0 Å². The highest BCUT2D eigenvalue weighted by Gasteiger charge is 2.22. The van der Waals surface area contributed by atoms with Crippen LogP contribution in [0.1, 0.15) is 42.0 Å². The molecule has 3 nitrogen and oxygen atoms in total. The Morgan fingerprint density at radius 1 is 1.04 bits per heavy atom. The lowest BCUT2D eigenvalue weighted by atomic mass is 9.88. The zero-order valence-corrected chi connectivity index (χ0v) is 15.0. The van der Waals surface area contributed by atoms with Crippen molar-refractivity contribution in [3.05, 3.63) is 64.7 Å². The minimum atomic E-state index is -0.767. The van der Waals surface area contributed by atoms with Gasteiger partial charge in [-0.3, -0.25) is 4.79 Å². The maximum atomic E-state index is 11.8. The lowest BCUT2D eigenvalue weighted by molar-refractivity contribution is -0.138. The van der Waals surface area contributed by atoms with E-state index >= 15 is 0 Å². The largest absolute Gasteiger partial charge is 0.481 e. The molecular weight excluding hydrogens is 298 g/mol. The summed E-state index contributed by atoms with van der Waals surface area (Å²) in [5.74, 6) is -1.28. The van der Waals surface area contributed by atoms with Crippen LogP contribution in [0.2, 0.25) is 0 Å². The maximum Gasteiger partial charge on any atom is 0.311 e. The second kappa shape index (κ2) is 8.00. The number of aryl methyl sites for hydroxylation is 2. The van der Waals surface area contributed by atoms with Gasteiger partial charge >= 0.3 is 5.97 Å². The fourth-order valence-electron chi connectivity index (χ4n) is 3.13. The van der Waals surface area contributed by atoms with Crippen LogP contribution < -0.4 is 4.90 Å². The van der Waals surface area contributed by atoms with Crippen molar-refractivity contribution < 1.29 is 9.90 Å². The van der Waals surface area contributed by atoms with Crippen LogP contribution >= 0.6 is 0 Å². The molecule has 2 aromatic rings. The van der Waals surface area contributed by atoms with E-state index in [-0.39, 0.29) is 0 Å². The van der Waals surface area contributed by atoms with Crippen LogP contribution in [0.15, 0.2) is 42.5 Å². The normalized spacial score (nSPS) is 12.0. The van der Waals surface area contributed by atoms with Crippen LogP contribution in [0, 0.1) is 13.8 Å². The molecule has 1 N–H and O–H groups in total. The third-order valence-electron chi connectivity index (χ3n) is 4.61. The first-order chi connectivity index (χ1) is 11.5. The molecule has 0 heterocycles. The first-order valence-corrected chi connectivity index (χ1v) is 8.60. The van der Waals surface area contributed by atoms with Gasteiger partial charge < -0.3 is 10.0 Å². The predicted molar refractivity (Wildman–Crippen MR) is 100.0 cm³/mol. The molecule has 0 saturated heterocycles. The van der Waals surface area contributed by atoms with E-state index in [2.05, 4.69) is 43.0 Å². The highest BCUT2D eigenvalue weighted by molar-refractivity contribution is 5.77. The molecule has 0 fully saturated rings. The quantitative estimate of drug-likeness (QED) is 0.811. The summed E-state index contributed by atoms with van der Waals surface area (Å²) in [5, 5.41) is 9.71. The number of carbonyl (C=O) groups is 1. The minimum Gasteiger partial charge on any atom is -0.481 e. The van der Waals surface area contributed by atoms with Gasteiger partial charge in [0.05, 0.1) is 5.92 Å². The second-order valence-electron chi connectivity index (χ2n) is 6.29. The van der Waals surface area contributed by atoms with Gasteiger partial charge in [-0.1, -0.05) is 35.9 Å². The van der Waals surface area contributed by atoms with E-state index in [1.54, 1.807) is 0 Å². The zero-order valence-electron chi connectivity index (χ0n) is 15.0. The molecule has 128 valence electrons. The van der Waals surface area contributed by atoms with Gasteiger partial charge in [0.2, 0.25) is 0 Å². The first kappa shape index (κ1) is 18.1. The summed E-state index contributed by atoms with van der Waals surface area (Å²) in [6.07, 6.45) is 0.512.